The topological polar surface area (TPSA) is 57.8 Å². The van der Waals surface area contributed by atoms with Crippen molar-refractivity contribution >= 4 is 46.2 Å². The van der Waals surface area contributed by atoms with Crippen LogP contribution in [0.1, 0.15) is 22.9 Å². The lowest BCUT2D eigenvalue weighted by Crippen LogP contribution is -2.46. The number of nitrogens with one attached hydrogen (secondary N) is 1. The first kappa shape index (κ1) is 23.4. The summed E-state index contributed by atoms with van der Waals surface area (Å²) in [4.78, 5) is 12.3. The average Bonchev–Trinajstić information content (AvgIpc) is 3.29. The molecule has 1 atom stereocenters. The molecule has 7 rings (SSSR count). The minimum atomic E-state index is -0.321. The third-order valence-electron chi connectivity index (χ3n) is 6.91. The smallest absolute Gasteiger partial charge is 0.179 e. The zero-order valence-corrected chi connectivity index (χ0v) is 21.6. The van der Waals surface area contributed by atoms with Crippen molar-refractivity contribution < 1.29 is 4.39 Å². The van der Waals surface area contributed by atoms with E-state index in [0.717, 1.165) is 39.6 Å². The van der Waals surface area contributed by atoms with Gasteiger partial charge >= 0.3 is 0 Å². The lowest BCUT2D eigenvalue weighted by molar-refractivity contribution is 0.626. The summed E-state index contributed by atoms with van der Waals surface area (Å²) in [6.45, 7) is 1.99. The first-order valence-corrected chi connectivity index (χ1v) is 12.9. The van der Waals surface area contributed by atoms with Gasteiger partial charge in [-0.15, -0.1) is 0 Å². The maximum atomic E-state index is 14.1. The number of aromatic nitrogens is 2. The van der Waals surface area contributed by atoms with E-state index in [2.05, 4.69) is 10.2 Å². The van der Waals surface area contributed by atoms with Crippen LogP contribution in [-0.2, 0) is 0 Å². The van der Waals surface area contributed by atoms with Crippen molar-refractivity contribution in [3.8, 4) is 5.69 Å². The van der Waals surface area contributed by atoms with Gasteiger partial charge in [0.05, 0.1) is 28.8 Å². The minimum Gasteiger partial charge on any atom is -0.337 e. The second-order valence-electron chi connectivity index (χ2n) is 9.41. The number of benzene rings is 4. The quantitative estimate of drug-likeness (QED) is 0.258. The number of hydrogen-bond donors (Lipinski definition) is 1. The molecule has 0 fully saturated rings. The van der Waals surface area contributed by atoms with Gasteiger partial charge < -0.3 is 10.2 Å². The van der Waals surface area contributed by atoms with Crippen LogP contribution in [0.5, 0.6) is 0 Å². The molecule has 6 nitrogen and oxygen atoms in total. The Hall–Kier alpha value is -4.75. The van der Waals surface area contributed by atoms with Crippen LogP contribution < -0.4 is 10.2 Å². The van der Waals surface area contributed by atoms with Crippen molar-refractivity contribution in [2.45, 2.75) is 13.0 Å². The van der Waals surface area contributed by atoms with E-state index in [1.165, 1.54) is 12.1 Å². The van der Waals surface area contributed by atoms with Crippen molar-refractivity contribution in [1.82, 2.24) is 9.78 Å². The Labute approximate surface area is 229 Å². The number of anilines is 2. The molecule has 0 aliphatic carbocycles. The first-order valence-electron chi connectivity index (χ1n) is 12.6. The molecular formula is C31H22ClFN6. The highest BCUT2D eigenvalue weighted by molar-refractivity contribution is 6.51. The van der Waals surface area contributed by atoms with E-state index in [4.69, 9.17) is 26.7 Å². The van der Waals surface area contributed by atoms with Gasteiger partial charge in [-0.2, -0.15) is 5.10 Å². The molecule has 190 valence electrons. The number of rotatable bonds is 3. The van der Waals surface area contributed by atoms with Gasteiger partial charge in [0, 0.05) is 16.3 Å². The molecule has 0 radical (unpaired) electrons. The number of para-hydroxylation sites is 3. The Bertz CT molecular complexity index is 1780. The lowest BCUT2D eigenvalue weighted by atomic mass is 9.93. The number of nitrogens with zero attached hydrogens (tertiary/aromatic N) is 5. The largest absolute Gasteiger partial charge is 0.337 e. The molecule has 0 unspecified atom stereocenters. The summed E-state index contributed by atoms with van der Waals surface area (Å²) in [7, 11) is 0. The molecule has 5 aromatic rings. The number of aliphatic imine (C=N–C) groups is 2. The number of amidine groups is 2. The molecule has 1 aromatic heterocycles. The zero-order chi connectivity index (χ0) is 26.5. The zero-order valence-electron chi connectivity index (χ0n) is 20.9. The van der Waals surface area contributed by atoms with Crippen LogP contribution in [0, 0.1) is 12.7 Å². The standard InChI is InChI=1S/C31H22ClFN6/c1-19-27-28(20-14-16-22(33)17-15-20)38-26-13-6-5-12-25(26)35-29(34-23-9-7-8-21(32)18-23)31(38)36-30(27)39(37-19)24-10-3-2-4-11-24/h2-18,28H,1H3,(H,34,35)/t28-/m0/s1. The normalized spacial score (nSPS) is 15.6. The van der Waals surface area contributed by atoms with Crippen molar-refractivity contribution in [2.24, 2.45) is 9.98 Å². The fraction of sp³-hybridized carbons (Fsp3) is 0.0645. The van der Waals surface area contributed by atoms with Crippen LogP contribution in [0.4, 0.5) is 27.3 Å². The van der Waals surface area contributed by atoms with E-state index in [1.807, 2.05) is 103 Å². The Balaban J connectivity index is 1.50. The van der Waals surface area contributed by atoms with Gasteiger partial charge in [0.25, 0.3) is 0 Å². The highest BCUT2D eigenvalue weighted by atomic mass is 35.5. The molecule has 39 heavy (non-hydrogen) atoms. The van der Waals surface area contributed by atoms with Gasteiger partial charge in [-0.05, 0) is 67.1 Å². The summed E-state index contributed by atoms with van der Waals surface area (Å²) in [5.41, 5.74) is 6.10. The van der Waals surface area contributed by atoms with Crippen LogP contribution >= 0.6 is 11.6 Å². The number of hydrogen-bond acceptors (Lipinski definition) is 5. The molecule has 0 amide bonds. The van der Waals surface area contributed by atoms with Crippen molar-refractivity contribution in [2.75, 3.05) is 10.2 Å². The lowest BCUT2D eigenvalue weighted by Gasteiger charge is -2.40. The number of aryl methyl sites for hydroxylation is 1. The van der Waals surface area contributed by atoms with E-state index in [-0.39, 0.29) is 11.9 Å². The van der Waals surface area contributed by atoms with Crippen LogP contribution in [0.2, 0.25) is 5.02 Å². The predicted octanol–water partition coefficient (Wildman–Crippen LogP) is 7.77. The van der Waals surface area contributed by atoms with Gasteiger partial charge in [0.1, 0.15) is 5.82 Å². The fourth-order valence-electron chi connectivity index (χ4n) is 5.21. The minimum absolute atomic E-state index is 0.288. The molecule has 4 aromatic carbocycles. The summed E-state index contributed by atoms with van der Waals surface area (Å²) in [6.07, 6.45) is 0. The van der Waals surface area contributed by atoms with Crippen molar-refractivity contribution in [3.63, 3.8) is 0 Å². The second kappa shape index (κ2) is 9.22. The van der Waals surface area contributed by atoms with E-state index in [9.17, 15) is 4.39 Å². The number of halogens is 2. The molecule has 2 aliphatic rings. The van der Waals surface area contributed by atoms with Crippen LogP contribution in [0.25, 0.3) is 5.69 Å². The molecule has 8 heteroatoms. The first-order chi connectivity index (χ1) is 19.1. The van der Waals surface area contributed by atoms with Gasteiger partial charge in [0.2, 0.25) is 0 Å². The molecule has 0 bridgehead atoms. The fourth-order valence-corrected chi connectivity index (χ4v) is 5.40. The Morgan fingerprint density at radius 2 is 1.62 bits per heavy atom. The second-order valence-corrected chi connectivity index (χ2v) is 9.85. The highest BCUT2D eigenvalue weighted by Gasteiger charge is 2.41. The Kier molecular flexibility index (Phi) is 5.52. The Morgan fingerprint density at radius 1 is 0.846 bits per heavy atom. The third-order valence-corrected chi connectivity index (χ3v) is 7.15. The van der Waals surface area contributed by atoms with E-state index in [0.29, 0.717) is 22.5 Å². The molecule has 2 aliphatic heterocycles. The Morgan fingerprint density at radius 3 is 2.41 bits per heavy atom. The van der Waals surface area contributed by atoms with Crippen molar-refractivity contribution in [3.05, 3.63) is 131 Å². The van der Waals surface area contributed by atoms with Crippen LogP contribution in [0.3, 0.4) is 0 Å². The summed E-state index contributed by atoms with van der Waals surface area (Å²) in [6, 6.07) is 31.7. The van der Waals surface area contributed by atoms with Crippen molar-refractivity contribution in [1.29, 1.82) is 0 Å². The monoisotopic (exact) mass is 532 g/mol. The van der Waals surface area contributed by atoms with Gasteiger partial charge in [0.15, 0.2) is 17.5 Å². The van der Waals surface area contributed by atoms with Gasteiger partial charge in [-0.3, -0.25) is 0 Å². The molecular weight excluding hydrogens is 511 g/mol. The SMILES string of the molecule is Cc1nn(-c2ccccc2)c2c1[C@H](c1ccc(F)cc1)N1C(=N2)C(Nc2cccc(Cl)c2)=Nc2ccccc21. The summed E-state index contributed by atoms with van der Waals surface area (Å²) < 4.78 is 15.9. The molecule has 0 saturated heterocycles. The van der Waals surface area contributed by atoms with Gasteiger partial charge in [-0.1, -0.05) is 60.1 Å². The molecule has 0 saturated carbocycles. The maximum Gasteiger partial charge on any atom is 0.179 e. The van der Waals surface area contributed by atoms with Crippen LogP contribution in [-0.4, -0.2) is 21.5 Å². The molecule has 3 heterocycles. The number of fused-ring (bicyclic) bond motifs is 4. The maximum absolute atomic E-state index is 14.1. The van der Waals surface area contributed by atoms with E-state index in [1.54, 1.807) is 0 Å². The van der Waals surface area contributed by atoms with E-state index < -0.39 is 0 Å². The summed E-state index contributed by atoms with van der Waals surface area (Å²) in [5.74, 6) is 1.63. The molecule has 0 spiro atoms. The highest BCUT2D eigenvalue weighted by Crippen LogP contribution is 2.48. The summed E-state index contributed by atoms with van der Waals surface area (Å²) in [5, 5.41) is 8.98. The third kappa shape index (κ3) is 3.99. The van der Waals surface area contributed by atoms with E-state index >= 15 is 0 Å². The average molecular weight is 533 g/mol. The summed E-state index contributed by atoms with van der Waals surface area (Å²) >= 11 is 6.29. The van der Waals surface area contributed by atoms with Gasteiger partial charge in [-0.25, -0.2) is 19.1 Å². The molecule has 1 N–H and O–H groups in total. The van der Waals surface area contributed by atoms with Crippen LogP contribution in [0.15, 0.2) is 113 Å². The predicted molar refractivity (Wildman–Crippen MR) is 155 cm³/mol.